The van der Waals surface area contributed by atoms with Crippen LogP contribution >= 0.6 is 0 Å². The molecule has 2 heterocycles. The molecule has 118 valence electrons. The summed E-state index contributed by atoms with van der Waals surface area (Å²) in [4.78, 5) is 5.00. The zero-order valence-corrected chi connectivity index (χ0v) is 13.9. The molecule has 1 aromatic carbocycles. The fourth-order valence-electron chi connectivity index (χ4n) is 3.28. The van der Waals surface area contributed by atoms with E-state index < -0.39 is 0 Å². The predicted octanol–water partition coefficient (Wildman–Crippen LogP) is 2.63. The van der Waals surface area contributed by atoms with Crippen molar-refractivity contribution in [2.75, 3.05) is 33.2 Å². The topological polar surface area (TPSA) is 24.3 Å². The van der Waals surface area contributed by atoms with E-state index in [2.05, 4.69) is 47.9 Å². The SMILES string of the molecule is Cc1cc(C)c(CN2CCCN(C)CC2)c(-n2cccn2)c1. The van der Waals surface area contributed by atoms with Crippen LogP contribution in [0, 0.1) is 13.8 Å². The molecule has 0 radical (unpaired) electrons. The van der Waals surface area contributed by atoms with E-state index in [9.17, 15) is 0 Å². The second kappa shape index (κ2) is 6.63. The Morgan fingerprint density at radius 3 is 2.73 bits per heavy atom. The Labute approximate surface area is 133 Å². The highest BCUT2D eigenvalue weighted by molar-refractivity contribution is 5.48. The third-order valence-electron chi connectivity index (χ3n) is 4.54. The molecule has 0 saturated carbocycles. The first kappa shape index (κ1) is 15.3. The maximum absolute atomic E-state index is 4.44. The first-order valence-electron chi connectivity index (χ1n) is 8.14. The van der Waals surface area contributed by atoms with Crippen LogP contribution in [0.15, 0.2) is 30.6 Å². The first-order valence-corrected chi connectivity index (χ1v) is 8.14. The lowest BCUT2D eigenvalue weighted by Gasteiger charge is -2.23. The van der Waals surface area contributed by atoms with Gasteiger partial charge in [-0.15, -0.1) is 0 Å². The van der Waals surface area contributed by atoms with Crippen molar-refractivity contribution in [2.24, 2.45) is 0 Å². The summed E-state index contributed by atoms with van der Waals surface area (Å²) in [5, 5.41) is 4.44. The Balaban J connectivity index is 1.89. The van der Waals surface area contributed by atoms with Crippen LogP contribution in [0.25, 0.3) is 5.69 Å². The van der Waals surface area contributed by atoms with Crippen molar-refractivity contribution in [3.63, 3.8) is 0 Å². The second-order valence-corrected chi connectivity index (χ2v) is 6.46. The summed E-state index contributed by atoms with van der Waals surface area (Å²) in [6, 6.07) is 6.52. The number of hydrogen-bond donors (Lipinski definition) is 0. The quantitative estimate of drug-likeness (QED) is 0.870. The predicted molar refractivity (Wildman–Crippen MR) is 90.4 cm³/mol. The number of rotatable bonds is 3. The van der Waals surface area contributed by atoms with Crippen LogP contribution in [0.4, 0.5) is 0 Å². The number of benzene rings is 1. The molecule has 2 aromatic rings. The van der Waals surface area contributed by atoms with Crippen LogP contribution in [0.3, 0.4) is 0 Å². The van der Waals surface area contributed by atoms with Gasteiger partial charge in [0.05, 0.1) is 5.69 Å². The molecule has 1 aliphatic heterocycles. The van der Waals surface area contributed by atoms with E-state index in [1.165, 1.54) is 41.9 Å². The molecule has 4 heteroatoms. The molecule has 1 fully saturated rings. The van der Waals surface area contributed by atoms with Gasteiger partial charge in [0.15, 0.2) is 0 Å². The molecule has 1 saturated heterocycles. The zero-order valence-electron chi connectivity index (χ0n) is 13.9. The second-order valence-electron chi connectivity index (χ2n) is 6.46. The van der Waals surface area contributed by atoms with Crippen LogP contribution in [-0.2, 0) is 6.54 Å². The maximum Gasteiger partial charge on any atom is 0.0695 e. The summed E-state index contributed by atoms with van der Waals surface area (Å²) in [6.45, 7) is 10.1. The third kappa shape index (κ3) is 3.39. The molecular formula is C18H26N4. The van der Waals surface area contributed by atoms with Gasteiger partial charge >= 0.3 is 0 Å². The van der Waals surface area contributed by atoms with Crippen molar-refractivity contribution in [2.45, 2.75) is 26.8 Å². The van der Waals surface area contributed by atoms with E-state index in [0.29, 0.717) is 0 Å². The van der Waals surface area contributed by atoms with E-state index in [1.54, 1.807) is 0 Å². The van der Waals surface area contributed by atoms with Crippen LogP contribution in [-0.4, -0.2) is 52.8 Å². The lowest BCUT2D eigenvalue weighted by atomic mass is 10.0. The molecule has 1 aliphatic rings. The molecule has 0 amide bonds. The van der Waals surface area contributed by atoms with Gasteiger partial charge in [-0.05, 0) is 69.2 Å². The summed E-state index contributed by atoms with van der Waals surface area (Å²) in [5.41, 5.74) is 5.28. The molecule has 0 bridgehead atoms. The number of aromatic nitrogens is 2. The lowest BCUT2D eigenvalue weighted by Crippen LogP contribution is -2.29. The van der Waals surface area contributed by atoms with Crippen LogP contribution in [0.2, 0.25) is 0 Å². The van der Waals surface area contributed by atoms with Crippen molar-refractivity contribution >= 4 is 0 Å². The largest absolute Gasteiger partial charge is 0.305 e. The molecule has 1 aromatic heterocycles. The summed E-state index contributed by atoms with van der Waals surface area (Å²) in [5.74, 6) is 0. The minimum atomic E-state index is 1.01. The molecule has 22 heavy (non-hydrogen) atoms. The Morgan fingerprint density at radius 2 is 1.95 bits per heavy atom. The lowest BCUT2D eigenvalue weighted by molar-refractivity contribution is 0.268. The van der Waals surface area contributed by atoms with Gasteiger partial charge in [0.2, 0.25) is 0 Å². The highest BCUT2D eigenvalue weighted by Crippen LogP contribution is 2.23. The highest BCUT2D eigenvalue weighted by Gasteiger charge is 2.16. The smallest absolute Gasteiger partial charge is 0.0695 e. The summed E-state index contributed by atoms with van der Waals surface area (Å²) in [7, 11) is 2.22. The summed E-state index contributed by atoms with van der Waals surface area (Å²) in [6.07, 6.45) is 5.13. The number of likely N-dealkylation sites (N-methyl/N-ethyl adjacent to an activating group) is 1. The number of hydrogen-bond acceptors (Lipinski definition) is 3. The fraction of sp³-hybridized carbons (Fsp3) is 0.500. The molecular weight excluding hydrogens is 272 g/mol. The molecule has 0 unspecified atom stereocenters. The molecule has 0 N–H and O–H groups in total. The van der Waals surface area contributed by atoms with Gasteiger partial charge in [-0.25, -0.2) is 4.68 Å². The fourth-order valence-corrected chi connectivity index (χ4v) is 3.28. The van der Waals surface area contributed by atoms with Crippen molar-refractivity contribution in [1.82, 2.24) is 19.6 Å². The van der Waals surface area contributed by atoms with Gasteiger partial charge in [-0.2, -0.15) is 5.10 Å². The van der Waals surface area contributed by atoms with E-state index in [-0.39, 0.29) is 0 Å². The molecule has 0 spiro atoms. The Morgan fingerprint density at radius 1 is 1.09 bits per heavy atom. The minimum Gasteiger partial charge on any atom is -0.305 e. The Hall–Kier alpha value is -1.65. The van der Waals surface area contributed by atoms with Gasteiger partial charge in [-0.1, -0.05) is 6.07 Å². The van der Waals surface area contributed by atoms with Crippen molar-refractivity contribution in [3.8, 4) is 5.69 Å². The third-order valence-corrected chi connectivity index (χ3v) is 4.54. The van der Waals surface area contributed by atoms with E-state index >= 15 is 0 Å². The number of nitrogens with zero attached hydrogens (tertiary/aromatic N) is 4. The van der Waals surface area contributed by atoms with Crippen LogP contribution < -0.4 is 0 Å². The molecule has 0 atom stereocenters. The highest BCUT2D eigenvalue weighted by atomic mass is 15.3. The van der Waals surface area contributed by atoms with Gasteiger partial charge in [0.25, 0.3) is 0 Å². The monoisotopic (exact) mass is 298 g/mol. The summed E-state index contributed by atoms with van der Waals surface area (Å²) >= 11 is 0. The molecule has 3 rings (SSSR count). The van der Waals surface area contributed by atoms with Crippen LogP contribution in [0.5, 0.6) is 0 Å². The van der Waals surface area contributed by atoms with E-state index in [4.69, 9.17) is 0 Å². The van der Waals surface area contributed by atoms with E-state index in [0.717, 1.165) is 19.6 Å². The van der Waals surface area contributed by atoms with Gasteiger partial charge in [0, 0.05) is 32.0 Å². The van der Waals surface area contributed by atoms with Crippen LogP contribution in [0.1, 0.15) is 23.1 Å². The maximum atomic E-state index is 4.44. The normalized spacial score (nSPS) is 17.6. The summed E-state index contributed by atoms with van der Waals surface area (Å²) < 4.78 is 2.00. The minimum absolute atomic E-state index is 1.01. The Kier molecular flexibility index (Phi) is 4.60. The standard InChI is InChI=1S/C18H26N4/c1-15-12-16(2)17(18(13-15)22-9-4-6-19-22)14-21-8-5-7-20(3)10-11-21/h4,6,9,12-13H,5,7-8,10-11,14H2,1-3H3. The average Bonchev–Trinajstić information content (AvgIpc) is 2.93. The van der Waals surface area contributed by atoms with Crippen molar-refractivity contribution < 1.29 is 0 Å². The first-order chi connectivity index (χ1) is 10.6. The Bertz CT molecular complexity index is 618. The van der Waals surface area contributed by atoms with Gasteiger partial charge in [-0.3, -0.25) is 4.90 Å². The van der Waals surface area contributed by atoms with E-state index in [1.807, 2.05) is 23.1 Å². The zero-order chi connectivity index (χ0) is 15.5. The van der Waals surface area contributed by atoms with Gasteiger partial charge < -0.3 is 4.90 Å². The number of aryl methyl sites for hydroxylation is 2. The molecule has 4 nitrogen and oxygen atoms in total. The molecule has 0 aliphatic carbocycles. The van der Waals surface area contributed by atoms with Crippen molar-refractivity contribution in [1.29, 1.82) is 0 Å². The average molecular weight is 298 g/mol. The van der Waals surface area contributed by atoms with Crippen molar-refractivity contribution in [3.05, 3.63) is 47.3 Å². The van der Waals surface area contributed by atoms with Gasteiger partial charge in [0.1, 0.15) is 0 Å².